The standard InChI is InChI=1S/C9H14N2O2S/c1-6-4-8(12)11(9(13)5-6)3-2-7(10)14/h6H,2-5H2,1H3,(H2,10,14). The van der Waals surface area contributed by atoms with E-state index in [4.69, 9.17) is 18.0 Å². The Morgan fingerprint density at radius 2 is 2.00 bits per heavy atom. The van der Waals surface area contributed by atoms with Crippen molar-refractivity contribution in [3.05, 3.63) is 0 Å². The van der Waals surface area contributed by atoms with Crippen LogP contribution in [-0.2, 0) is 9.59 Å². The third-order valence-electron chi connectivity index (χ3n) is 2.23. The number of carbonyl (C=O) groups excluding carboxylic acids is 2. The molecule has 4 nitrogen and oxygen atoms in total. The number of rotatable bonds is 3. The van der Waals surface area contributed by atoms with Crippen LogP contribution in [0.25, 0.3) is 0 Å². The van der Waals surface area contributed by atoms with Crippen molar-refractivity contribution in [2.45, 2.75) is 26.2 Å². The predicted octanol–water partition coefficient (Wildman–Crippen LogP) is 0.448. The summed E-state index contributed by atoms with van der Waals surface area (Å²) < 4.78 is 0. The number of piperidine rings is 1. The average molecular weight is 214 g/mol. The summed E-state index contributed by atoms with van der Waals surface area (Å²) in [6, 6.07) is 0. The van der Waals surface area contributed by atoms with E-state index in [-0.39, 0.29) is 17.7 Å². The molecule has 0 aliphatic carbocycles. The third-order valence-corrected chi connectivity index (χ3v) is 2.43. The van der Waals surface area contributed by atoms with Gasteiger partial charge in [0.1, 0.15) is 0 Å². The van der Waals surface area contributed by atoms with Crippen LogP contribution in [0.5, 0.6) is 0 Å². The Balaban J connectivity index is 2.54. The first kappa shape index (κ1) is 11.1. The molecule has 0 atom stereocenters. The van der Waals surface area contributed by atoms with Crippen LogP contribution in [0.1, 0.15) is 26.2 Å². The molecule has 1 saturated heterocycles. The van der Waals surface area contributed by atoms with Crippen molar-refractivity contribution < 1.29 is 9.59 Å². The number of carbonyl (C=O) groups is 2. The fourth-order valence-electron chi connectivity index (χ4n) is 1.50. The molecule has 2 N–H and O–H groups in total. The molecule has 0 spiro atoms. The van der Waals surface area contributed by atoms with E-state index in [0.29, 0.717) is 30.8 Å². The first-order valence-corrected chi connectivity index (χ1v) is 5.03. The van der Waals surface area contributed by atoms with Gasteiger partial charge in [-0.15, -0.1) is 0 Å². The topological polar surface area (TPSA) is 63.4 Å². The molecule has 0 aromatic carbocycles. The van der Waals surface area contributed by atoms with Gasteiger partial charge in [-0.1, -0.05) is 19.1 Å². The van der Waals surface area contributed by atoms with Crippen LogP contribution < -0.4 is 5.73 Å². The summed E-state index contributed by atoms with van der Waals surface area (Å²) in [6.07, 6.45) is 1.31. The van der Waals surface area contributed by atoms with Gasteiger partial charge in [0.05, 0.1) is 4.99 Å². The third kappa shape index (κ3) is 2.77. The summed E-state index contributed by atoms with van der Waals surface area (Å²) >= 11 is 4.69. The number of hydrogen-bond donors (Lipinski definition) is 1. The van der Waals surface area contributed by atoms with Gasteiger partial charge in [-0.25, -0.2) is 0 Å². The number of nitrogens with zero attached hydrogens (tertiary/aromatic N) is 1. The van der Waals surface area contributed by atoms with Crippen molar-refractivity contribution in [3.8, 4) is 0 Å². The van der Waals surface area contributed by atoms with Crippen LogP contribution in [0.4, 0.5) is 0 Å². The lowest BCUT2D eigenvalue weighted by atomic mass is 9.98. The minimum absolute atomic E-state index is 0.106. The van der Waals surface area contributed by atoms with E-state index in [9.17, 15) is 9.59 Å². The largest absolute Gasteiger partial charge is 0.393 e. The minimum Gasteiger partial charge on any atom is -0.393 e. The van der Waals surface area contributed by atoms with Gasteiger partial charge in [-0.05, 0) is 5.92 Å². The maximum atomic E-state index is 11.4. The molecule has 1 heterocycles. The minimum atomic E-state index is -0.106. The first-order chi connectivity index (χ1) is 6.50. The highest BCUT2D eigenvalue weighted by Gasteiger charge is 2.29. The van der Waals surface area contributed by atoms with Gasteiger partial charge in [0.15, 0.2) is 0 Å². The Hall–Kier alpha value is -0.970. The molecular formula is C9H14N2O2S. The van der Waals surface area contributed by atoms with E-state index in [1.165, 1.54) is 4.90 Å². The quantitative estimate of drug-likeness (QED) is 0.547. The van der Waals surface area contributed by atoms with Crippen LogP contribution in [0.15, 0.2) is 0 Å². The molecular weight excluding hydrogens is 200 g/mol. The molecule has 1 fully saturated rings. The Labute approximate surface area is 88.4 Å². The second-order valence-electron chi connectivity index (χ2n) is 3.67. The van der Waals surface area contributed by atoms with E-state index in [0.717, 1.165) is 0 Å². The van der Waals surface area contributed by atoms with E-state index < -0.39 is 0 Å². The van der Waals surface area contributed by atoms with E-state index in [2.05, 4.69) is 0 Å². The summed E-state index contributed by atoms with van der Waals surface area (Å²) in [7, 11) is 0. The van der Waals surface area contributed by atoms with Gasteiger partial charge in [-0.3, -0.25) is 14.5 Å². The zero-order valence-corrected chi connectivity index (χ0v) is 8.97. The molecule has 1 rings (SSSR count). The molecule has 0 aromatic rings. The van der Waals surface area contributed by atoms with E-state index >= 15 is 0 Å². The SMILES string of the molecule is CC1CC(=O)N(CCC(N)=S)C(=O)C1. The predicted molar refractivity (Wildman–Crippen MR) is 56.5 cm³/mol. The van der Waals surface area contributed by atoms with Crippen molar-refractivity contribution in [2.75, 3.05) is 6.54 Å². The van der Waals surface area contributed by atoms with Crippen molar-refractivity contribution in [3.63, 3.8) is 0 Å². The fourth-order valence-corrected chi connectivity index (χ4v) is 1.59. The normalized spacial score (nSPS) is 18.8. The maximum Gasteiger partial charge on any atom is 0.229 e. The van der Waals surface area contributed by atoms with E-state index in [1.54, 1.807) is 0 Å². The Bertz CT molecular complexity index is 260. The van der Waals surface area contributed by atoms with Gasteiger partial charge in [0, 0.05) is 25.8 Å². The summed E-state index contributed by atoms with van der Waals surface area (Å²) in [5.41, 5.74) is 5.31. The number of amides is 2. The lowest BCUT2D eigenvalue weighted by molar-refractivity contribution is -0.149. The van der Waals surface area contributed by atoms with Gasteiger partial charge in [-0.2, -0.15) is 0 Å². The molecule has 5 heteroatoms. The van der Waals surface area contributed by atoms with Crippen molar-refractivity contribution >= 4 is 29.0 Å². The summed E-state index contributed by atoms with van der Waals surface area (Å²) in [6.45, 7) is 2.24. The van der Waals surface area contributed by atoms with E-state index in [1.807, 2.05) is 6.92 Å². The zero-order valence-electron chi connectivity index (χ0n) is 8.16. The molecule has 0 bridgehead atoms. The number of nitrogens with two attached hydrogens (primary N) is 1. The summed E-state index contributed by atoms with van der Waals surface area (Å²) in [5.74, 6) is -0.0499. The molecule has 0 radical (unpaired) electrons. The first-order valence-electron chi connectivity index (χ1n) is 4.62. The summed E-state index contributed by atoms with van der Waals surface area (Å²) in [5, 5.41) is 0. The Morgan fingerprint density at radius 1 is 1.50 bits per heavy atom. The lowest BCUT2D eigenvalue weighted by Gasteiger charge is -2.28. The second kappa shape index (κ2) is 4.50. The van der Waals surface area contributed by atoms with Gasteiger partial charge < -0.3 is 5.73 Å². The monoisotopic (exact) mass is 214 g/mol. The van der Waals surface area contributed by atoms with Gasteiger partial charge >= 0.3 is 0 Å². The van der Waals surface area contributed by atoms with Crippen LogP contribution in [0.2, 0.25) is 0 Å². The van der Waals surface area contributed by atoms with Crippen LogP contribution in [-0.4, -0.2) is 28.2 Å². The summed E-state index contributed by atoms with van der Waals surface area (Å²) in [4.78, 5) is 24.5. The molecule has 1 aliphatic heterocycles. The number of thiocarbonyl (C=S) groups is 1. The number of hydrogen-bond acceptors (Lipinski definition) is 3. The smallest absolute Gasteiger partial charge is 0.229 e. The zero-order chi connectivity index (χ0) is 10.7. The second-order valence-corrected chi connectivity index (χ2v) is 4.19. The molecule has 2 amide bonds. The molecule has 14 heavy (non-hydrogen) atoms. The fraction of sp³-hybridized carbons (Fsp3) is 0.667. The molecule has 1 aliphatic rings. The van der Waals surface area contributed by atoms with Crippen molar-refractivity contribution in [2.24, 2.45) is 11.7 Å². The Kier molecular flexibility index (Phi) is 3.57. The van der Waals surface area contributed by atoms with Crippen LogP contribution >= 0.6 is 12.2 Å². The van der Waals surface area contributed by atoms with Crippen molar-refractivity contribution in [1.82, 2.24) is 4.90 Å². The highest BCUT2D eigenvalue weighted by Crippen LogP contribution is 2.18. The van der Waals surface area contributed by atoms with Gasteiger partial charge in [0.25, 0.3) is 0 Å². The van der Waals surface area contributed by atoms with Crippen LogP contribution in [0, 0.1) is 5.92 Å². The average Bonchev–Trinajstić information content (AvgIpc) is 2.01. The molecule has 0 saturated carbocycles. The number of imide groups is 1. The van der Waals surface area contributed by atoms with Crippen molar-refractivity contribution in [1.29, 1.82) is 0 Å². The lowest BCUT2D eigenvalue weighted by Crippen LogP contribution is -2.43. The Morgan fingerprint density at radius 3 is 2.43 bits per heavy atom. The van der Waals surface area contributed by atoms with Gasteiger partial charge in [0.2, 0.25) is 11.8 Å². The maximum absolute atomic E-state index is 11.4. The highest BCUT2D eigenvalue weighted by molar-refractivity contribution is 7.80. The van der Waals surface area contributed by atoms with Crippen LogP contribution in [0.3, 0.4) is 0 Å². The number of likely N-dealkylation sites (tertiary alicyclic amines) is 1. The molecule has 0 unspecified atom stereocenters. The molecule has 0 aromatic heterocycles. The highest BCUT2D eigenvalue weighted by atomic mass is 32.1. The molecule has 78 valence electrons.